The number of fused-ring (bicyclic) bond motifs is 1. The summed E-state index contributed by atoms with van der Waals surface area (Å²) in [5.41, 5.74) is 0.404. The number of hydrogen-bond acceptors (Lipinski definition) is 8. The number of hydrogen-bond donors (Lipinski definition) is 3. The summed E-state index contributed by atoms with van der Waals surface area (Å²) in [6, 6.07) is 3.39. The number of nitrogens with one attached hydrogen (secondary N) is 2. The number of pyridine rings is 1. The van der Waals surface area contributed by atoms with E-state index in [9.17, 15) is 4.79 Å². The molecule has 0 saturated heterocycles. The number of thiol groups is 1. The molecule has 0 aliphatic carbocycles. The summed E-state index contributed by atoms with van der Waals surface area (Å²) in [5, 5.41) is 14.4. The summed E-state index contributed by atoms with van der Waals surface area (Å²) in [6.45, 7) is 3.62. The van der Waals surface area contributed by atoms with E-state index in [1.807, 2.05) is 13.8 Å². The molecule has 0 radical (unpaired) electrons. The summed E-state index contributed by atoms with van der Waals surface area (Å²) in [5.74, 6) is -0.0566. The van der Waals surface area contributed by atoms with Gasteiger partial charge in [-0.3, -0.25) is 10.2 Å². The molecule has 0 spiro atoms. The zero-order chi connectivity index (χ0) is 21.0. The SMILES string of the molecule is CC(C)OC[C@H](Oc1ncnc2c1cnn2-c1ncccc1Cl)C(=O)NC(=N)S. The van der Waals surface area contributed by atoms with Crippen molar-refractivity contribution in [1.82, 2.24) is 30.0 Å². The van der Waals surface area contributed by atoms with E-state index >= 15 is 0 Å². The average Bonchev–Trinajstić information content (AvgIpc) is 3.09. The van der Waals surface area contributed by atoms with E-state index in [2.05, 4.69) is 38.0 Å². The van der Waals surface area contributed by atoms with E-state index in [4.69, 9.17) is 26.5 Å². The molecule has 3 heterocycles. The van der Waals surface area contributed by atoms with Gasteiger partial charge in [-0.1, -0.05) is 11.6 Å². The summed E-state index contributed by atoms with van der Waals surface area (Å²) in [6.07, 6.45) is 3.18. The molecular weight excluding hydrogens is 418 g/mol. The number of ether oxygens (including phenoxy) is 2. The fraction of sp³-hybridized carbons (Fsp3) is 0.294. The molecule has 12 heteroatoms. The number of amides is 1. The van der Waals surface area contributed by atoms with Crippen molar-refractivity contribution < 1.29 is 14.3 Å². The minimum Gasteiger partial charge on any atom is -0.461 e. The molecule has 1 amide bonds. The van der Waals surface area contributed by atoms with Gasteiger partial charge in [-0.15, -0.1) is 12.6 Å². The zero-order valence-electron chi connectivity index (χ0n) is 15.5. The lowest BCUT2D eigenvalue weighted by molar-refractivity contribution is -0.130. The topological polar surface area (TPSA) is 128 Å². The Labute approximate surface area is 176 Å². The van der Waals surface area contributed by atoms with Crippen molar-refractivity contribution >= 4 is 46.3 Å². The van der Waals surface area contributed by atoms with Crippen molar-refractivity contribution in [2.24, 2.45) is 0 Å². The Kier molecular flexibility index (Phi) is 6.62. The van der Waals surface area contributed by atoms with Crippen LogP contribution in [0.15, 0.2) is 30.9 Å². The second-order valence-corrected chi connectivity index (χ2v) is 6.96. The highest BCUT2D eigenvalue weighted by Crippen LogP contribution is 2.26. The van der Waals surface area contributed by atoms with Crippen LogP contribution in [-0.2, 0) is 9.53 Å². The molecule has 29 heavy (non-hydrogen) atoms. The Morgan fingerprint density at radius 3 is 2.86 bits per heavy atom. The normalized spacial score (nSPS) is 12.2. The van der Waals surface area contributed by atoms with Crippen molar-refractivity contribution in [2.45, 2.75) is 26.1 Å². The number of amidine groups is 1. The van der Waals surface area contributed by atoms with Crippen LogP contribution in [0.5, 0.6) is 5.88 Å². The molecule has 152 valence electrons. The molecule has 0 saturated carbocycles. The van der Waals surface area contributed by atoms with Gasteiger partial charge in [0.2, 0.25) is 12.0 Å². The number of carbonyl (C=O) groups is 1. The van der Waals surface area contributed by atoms with Gasteiger partial charge in [-0.25, -0.2) is 15.0 Å². The van der Waals surface area contributed by atoms with Crippen molar-refractivity contribution in [3.8, 4) is 11.7 Å². The maximum atomic E-state index is 12.4. The predicted molar refractivity (Wildman–Crippen MR) is 110 cm³/mol. The fourth-order valence-corrected chi connectivity index (χ4v) is 2.69. The van der Waals surface area contributed by atoms with Gasteiger partial charge in [0.15, 0.2) is 16.6 Å². The minimum atomic E-state index is -1.07. The van der Waals surface area contributed by atoms with Crippen molar-refractivity contribution in [3.63, 3.8) is 0 Å². The third-order valence-corrected chi connectivity index (χ3v) is 4.04. The molecule has 10 nitrogen and oxygen atoms in total. The standard InChI is InChI=1S/C17H18ClN7O3S/c1-9(2)27-7-12(15(26)24-17(19)29)28-16-10-6-23-25(13(10)21-8-22-16)14-11(18)4-3-5-20-14/h3-6,8-9,12H,7H2,1-2H3,(H3,19,24,26,29)/t12-/m0/s1. The lowest BCUT2D eigenvalue weighted by Crippen LogP contribution is -2.43. The van der Waals surface area contributed by atoms with Gasteiger partial charge in [0.25, 0.3) is 5.91 Å². The van der Waals surface area contributed by atoms with Crippen LogP contribution in [0.3, 0.4) is 0 Å². The molecule has 0 aromatic carbocycles. The first-order valence-electron chi connectivity index (χ1n) is 8.53. The average molecular weight is 436 g/mol. The van der Waals surface area contributed by atoms with Gasteiger partial charge >= 0.3 is 0 Å². The molecule has 0 fully saturated rings. The van der Waals surface area contributed by atoms with Crippen molar-refractivity contribution in [2.75, 3.05) is 6.61 Å². The molecule has 3 aromatic rings. The molecule has 3 rings (SSSR count). The molecular formula is C17H18ClN7O3S. The minimum absolute atomic E-state index is 0.0454. The second-order valence-electron chi connectivity index (χ2n) is 6.11. The van der Waals surface area contributed by atoms with Crippen LogP contribution in [0.25, 0.3) is 16.9 Å². The van der Waals surface area contributed by atoms with Crippen molar-refractivity contribution in [1.29, 1.82) is 5.41 Å². The maximum absolute atomic E-state index is 12.4. The third kappa shape index (κ3) is 5.00. The molecule has 0 aliphatic heterocycles. The molecule has 2 N–H and O–H groups in total. The van der Waals surface area contributed by atoms with Crippen LogP contribution >= 0.6 is 24.2 Å². The van der Waals surface area contributed by atoms with Gasteiger partial charge in [0, 0.05) is 6.20 Å². The smallest absolute Gasteiger partial charge is 0.269 e. The molecule has 0 aliphatic rings. The first kappa shape index (κ1) is 21.0. The monoisotopic (exact) mass is 435 g/mol. The quantitative estimate of drug-likeness (QED) is 0.294. The summed E-state index contributed by atoms with van der Waals surface area (Å²) >= 11 is 9.98. The summed E-state index contributed by atoms with van der Waals surface area (Å²) in [4.78, 5) is 24.9. The van der Waals surface area contributed by atoms with Crippen LogP contribution in [0.4, 0.5) is 0 Å². The van der Waals surface area contributed by atoms with Gasteiger partial charge in [-0.05, 0) is 26.0 Å². The largest absolute Gasteiger partial charge is 0.461 e. The van der Waals surface area contributed by atoms with E-state index in [-0.39, 0.29) is 23.8 Å². The highest BCUT2D eigenvalue weighted by molar-refractivity contribution is 7.96. The van der Waals surface area contributed by atoms with Gasteiger partial charge in [0.1, 0.15) is 11.7 Å². The molecule has 1 atom stereocenters. The van der Waals surface area contributed by atoms with Gasteiger partial charge in [-0.2, -0.15) is 9.78 Å². The Morgan fingerprint density at radius 2 is 2.17 bits per heavy atom. The van der Waals surface area contributed by atoms with Crippen LogP contribution in [0.2, 0.25) is 5.02 Å². The molecule has 0 unspecified atom stereocenters. The molecule has 3 aromatic heterocycles. The fourth-order valence-electron chi connectivity index (χ4n) is 2.38. The van der Waals surface area contributed by atoms with Crippen LogP contribution in [0, 0.1) is 5.41 Å². The number of aromatic nitrogens is 5. The first-order valence-corrected chi connectivity index (χ1v) is 9.35. The van der Waals surface area contributed by atoms with E-state index in [0.717, 1.165) is 0 Å². The van der Waals surface area contributed by atoms with Crippen LogP contribution in [-0.4, -0.2) is 54.6 Å². The third-order valence-electron chi connectivity index (χ3n) is 3.64. The Hall–Kier alpha value is -2.76. The number of nitrogens with zero attached hydrogens (tertiary/aromatic N) is 5. The van der Waals surface area contributed by atoms with Crippen LogP contribution < -0.4 is 10.1 Å². The maximum Gasteiger partial charge on any atom is 0.269 e. The van der Waals surface area contributed by atoms with Gasteiger partial charge in [0.05, 0.1) is 23.9 Å². The van der Waals surface area contributed by atoms with Crippen molar-refractivity contribution in [3.05, 3.63) is 35.9 Å². The lowest BCUT2D eigenvalue weighted by Gasteiger charge is -2.19. The predicted octanol–water partition coefficient (Wildman–Crippen LogP) is 2.02. The number of halogens is 1. The Balaban J connectivity index is 1.94. The van der Waals surface area contributed by atoms with E-state index < -0.39 is 12.0 Å². The first-order chi connectivity index (χ1) is 13.9. The summed E-state index contributed by atoms with van der Waals surface area (Å²) in [7, 11) is 0. The number of rotatable bonds is 7. The lowest BCUT2D eigenvalue weighted by atomic mass is 10.3. The summed E-state index contributed by atoms with van der Waals surface area (Å²) < 4.78 is 12.8. The highest BCUT2D eigenvalue weighted by Gasteiger charge is 2.25. The van der Waals surface area contributed by atoms with E-state index in [0.29, 0.717) is 21.9 Å². The Bertz CT molecular complexity index is 1040. The second kappa shape index (κ2) is 9.16. The molecule has 0 bridgehead atoms. The zero-order valence-corrected chi connectivity index (χ0v) is 17.2. The highest BCUT2D eigenvalue weighted by atomic mass is 35.5. The van der Waals surface area contributed by atoms with E-state index in [1.54, 1.807) is 18.3 Å². The van der Waals surface area contributed by atoms with Gasteiger partial charge < -0.3 is 14.8 Å². The number of carbonyl (C=O) groups excluding carboxylic acids is 1. The van der Waals surface area contributed by atoms with Crippen LogP contribution in [0.1, 0.15) is 13.8 Å². The van der Waals surface area contributed by atoms with E-state index in [1.165, 1.54) is 17.2 Å². The Morgan fingerprint density at radius 1 is 1.38 bits per heavy atom.